The first kappa shape index (κ1) is 30.5. The van der Waals surface area contributed by atoms with Crippen molar-refractivity contribution in [3.8, 4) is 5.75 Å². The predicted octanol–water partition coefficient (Wildman–Crippen LogP) is 8.60. The van der Waals surface area contributed by atoms with Gasteiger partial charge in [-0.05, 0) is 46.7 Å². The summed E-state index contributed by atoms with van der Waals surface area (Å²) in [5, 5.41) is 16.1. The van der Waals surface area contributed by atoms with E-state index >= 15 is 0 Å². The Labute approximate surface area is 269 Å². The lowest BCUT2D eigenvalue weighted by molar-refractivity contribution is 0.139. The molecule has 0 unspecified atom stereocenters. The van der Waals surface area contributed by atoms with Gasteiger partial charge in [0.15, 0.2) is 0 Å². The van der Waals surface area contributed by atoms with Gasteiger partial charge in [-0.1, -0.05) is 123 Å². The zero-order chi connectivity index (χ0) is 31.8. The maximum Gasteiger partial charge on any atom is 0.407 e. The number of amides is 1. The van der Waals surface area contributed by atoms with E-state index in [-0.39, 0.29) is 18.6 Å². The summed E-state index contributed by atoms with van der Waals surface area (Å²) in [5.41, 5.74) is 6.71. The summed E-state index contributed by atoms with van der Waals surface area (Å²) in [4.78, 5) is 13.7. The van der Waals surface area contributed by atoms with Gasteiger partial charge in [-0.2, -0.15) is 5.10 Å². The molecule has 0 bridgehead atoms. The van der Waals surface area contributed by atoms with Crippen molar-refractivity contribution in [3.05, 3.63) is 153 Å². The molecule has 1 N–H and O–H groups in total. The number of aryl methyl sites for hydroxylation is 1. The first-order valence-corrected chi connectivity index (χ1v) is 15.7. The second-order valence-electron chi connectivity index (χ2n) is 12.7. The predicted molar refractivity (Wildman–Crippen MR) is 178 cm³/mol. The molecule has 1 amide bonds. The second kappa shape index (κ2) is 12.1. The van der Waals surface area contributed by atoms with Crippen LogP contribution in [0.1, 0.15) is 65.5 Å². The lowest BCUT2D eigenvalue weighted by atomic mass is 9.76. The molecule has 4 aromatic carbocycles. The first-order valence-electron chi connectivity index (χ1n) is 15.3. The van der Waals surface area contributed by atoms with Crippen LogP contribution in [-0.4, -0.2) is 32.4 Å². The molecule has 0 saturated carbocycles. The van der Waals surface area contributed by atoms with E-state index in [0.717, 1.165) is 50.5 Å². The highest BCUT2D eigenvalue weighted by Crippen LogP contribution is 2.43. The highest BCUT2D eigenvalue weighted by atomic mass is 35.5. The third kappa shape index (κ3) is 5.59. The number of nitrogens with zero attached hydrogens (tertiary/aromatic N) is 3. The van der Waals surface area contributed by atoms with E-state index in [9.17, 15) is 9.90 Å². The molecule has 2 heterocycles. The Balaban J connectivity index is 1.58. The molecule has 1 aliphatic rings. The van der Waals surface area contributed by atoms with E-state index in [1.807, 2.05) is 37.3 Å². The molecule has 45 heavy (non-hydrogen) atoms. The van der Waals surface area contributed by atoms with Crippen LogP contribution >= 0.6 is 11.6 Å². The minimum Gasteiger partial charge on any atom is -0.487 e. The fourth-order valence-corrected chi connectivity index (χ4v) is 6.62. The van der Waals surface area contributed by atoms with E-state index in [1.165, 1.54) is 4.90 Å². The van der Waals surface area contributed by atoms with Gasteiger partial charge >= 0.3 is 6.09 Å². The van der Waals surface area contributed by atoms with Crippen LogP contribution in [0.3, 0.4) is 0 Å². The fraction of sp³-hybridized carbons (Fsp3) is 0.263. The molecule has 5 aromatic rings. The van der Waals surface area contributed by atoms with Gasteiger partial charge in [-0.25, -0.2) is 9.48 Å². The number of ether oxygens (including phenoxy) is 1. The molecule has 0 radical (unpaired) electrons. The molecular weight excluding hydrogens is 582 g/mol. The third-order valence-corrected chi connectivity index (χ3v) is 9.14. The lowest BCUT2D eigenvalue weighted by Gasteiger charge is -2.38. The van der Waals surface area contributed by atoms with Crippen LogP contribution in [0.5, 0.6) is 5.75 Å². The average Bonchev–Trinajstić information content (AvgIpc) is 3.41. The molecule has 0 spiro atoms. The standard InChI is InChI=1S/C38H38ClN3O3/c1-26-22-35(31(23-32(26)39)37(2,3)4)45-25-33-30-24-41(36(43)44)21-20-34(30)42(40-33)38(27-14-8-5-9-15-27,28-16-10-6-11-17-28)29-18-12-7-13-19-29/h5-19,22-23H,20-21,24-25H2,1-4H3,(H,43,44). The zero-order valence-corrected chi connectivity index (χ0v) is 26.9. The quantitative estimate of drug-likeness (QED) is 0.185. The number of hydrogen-bond acceptors (Lipinski definition) is 3. The SMILES string of the molecule is Cc1cc(OCc2nn(C(c3ccccc3)(c3ccccc3)c3ccccc3)c3c2CN(C(=O)O)CC3)c(C(C)(C)C)cc1Cl. The largest absolute Gasteiger partial charge is 0.487 e. The van der Waals surface area contributed by atoms with Gasteiger partial charge in [0.25, 0.3) is 0 Å². The van der Waals surface area contributed by atoms with E-state index in [2.05, 4.69) is 98.2 Å². The summed E-state index contributed by atoms with van der Waals surface area (Å²) in [7, 11) is 0. The van der Waals surface area contributed by atoms with Crippen LogP contribution in [-0.2, 0) is 30.5 Å². The molecule has 230 valence electrons. The minimum absolute atomic E-state index is 0.182. The molecule has 7 heteroatoms. The van der Waals surface area contributed by atoms with Gasteiger partial charge in [0.1, 0.15) is 23.6 Å². The highest BCUT2D eigenvalue weighted by molar-refractivity contribution is 6.31. The first-order chi connectivity index (χ1) is 21.6. The van der Waals surface area contributed by atoms with Crippen LogP contribution < -0.4 is 4.74 Å². The Bertz CT molecular complexity index is 1720. The van der Waals surface area contributed by atoms with E-state index in [0.29, 0.717) is 18.0 Å². The van der Waals surface area contributed by atoms with E-state index in [1.54, 1.807) is 0 Å². The topological polar surface area (TPSA) is 67.6 Å². The van der Waals surface area contributed by atoms with Crippen LogP contribution in [0, 0.1) is 6.92 Å². The number of carboxylic acid groups (broad SMARTS) is 1. The fourth-order valence-electron chi connectivity index (χ4n) is 6.45. The number of halogens is 1. The monoisotopic (exact) mass is 619 g/mol. The van der Waals surface area contributed by atoms with Crippen molar-refractivity contribution in [3.63, 3.8) is 0 Å². The van der Waals surface area contributed by atoms with Gasteiger partial charge < -0.3 is 14.7 Å². The number of fused-ring (bicyclic) bond motifs is 1. The Morgan fingerprint density at radius 1 is 0.889 bits per heavy atom. The molecule has 6 rings (SSSR count). The van der Waals surface area contributed by atoms with Gasteiger partial charge in [0.2, 0.25) is 0 Å². The van der Waals surface area contributed by atoms with Crippen molar-refractivity contribution in [2.45, 2.75) is 58.2 Å². The average molecular weight is 620 g/mol. The molecule has 0 fully saturated rings. The van der Waals surface area contributed by atoms with Gasteiger partial charge in [0.05, 0.1) is 6.54 Å². The lowest BCUT2D eigenvalue weighted by Crippen LogP contribution is -2.42. The Hall–Kier alpha value is -4.55. The van der Waals surface area contributed by atoms with Crippen molar-refractivity contribution < 1.29 is 14.6 Å². The molecule has 0 atom stereocenters. The van der Waals surface area contributed by atoms with Crippen molar-refractivity contribution >= 4 is 17.7 Å². The number of carbonyl (C=O) groups is 1. The summed E-state index contributed by atoms with van der Waals surface area (Å²) in [5.74, 6) is 0.749. The van der Waals surface area contributed by atoms with Crippen molar-refractivity contribution in [1.29, 1.82) is 0 Å². The van der Waals surface area contributed by atoms with E-state index < -0.39 is 11.6 Å². The van der Waals surface area contributed by atoms with Gasteiger partial charge in [-0.3, -0.25) is 0 Å². The summed E-state index contributed by atoms with van der Waals surface area (Å²) < 4.78 is 8.73. The van der Waals surface area contributed by atoms with E-state index in [4.69, 9.17) is 21.4 Å². The van der Waals surface area contributed by atoms with Crippen molar-refractivity contribution in [2.24, 2.45) is 0 Å². The van der Waals surface area contributed by atoms with Crippen molar-refractivity contribution in [1.82, 2.24) is 14.7 Å². The summed E-state index contributed by atoms with van der Waals surface area (Å²) >= 11 is 6.55. The van der Waals surface area contributed by atoms with Crippen LogP contribution in [0.25, 0.3) is 0 Å². The van der Waals surface area contributed by atoms with Crippen molar-refractivity contribution in [2.75, 3.05) is 6.54 Å². The zero-order valence-electron chi connectivity index (χ0n) is 26.1. The maximum absolute atomic E-state index is 12.2. The van der Waals surface area contributed by atoms with Gasteiger partial charge in [0, 0.05) is 34.8 Å². The Kier molecular flexibility index (Phi) is 8.19. The molecule has 0 saturated heterocycles. The number of hydrogen-bond donors (Lipinski definition) is 1. The number of benzene rings is 4. The molecule has 1 aliphatic heterocycles. The van der Waals surface area contributed by atoms with Crippen LogP contribution in [0.2, 0.25) is 5.02 Å². The van der Waals surface area contributed by atoms with Gasteiger partial charge in [-0.15, -0.1) is 0 Å². The second-order valence-corrected chi connectivity index (χ2v) is 13.1. The van der Waals surface area contributed by atoms with Crippen LogP contribution in [0.15, 0.2) is 103 Å². The maximum atomic E-state index is 12.2. The smallest absolute Gasteiger partial charge is 0.407 e. The summed E-state index contributed by atoms with van der Waals surface area (Å²) in [6.07, 6.45) is -0.417. The van der Waals surface area contributed by atoms with Crippen LogP contribution in [0.4, 0.5) is 4.79 Å². The highest BCUT2D eigenvalue weighted by Gasteiger charge is 2.43. The molecular formula is C38H38ClN3O3. The number of rotatable bonds is 7. The Morgan fingerprint density at radius 2 is 1.42 bits per heavy atom. The summed E-state index contributed by atoms with van der Waals surface area (Å²) in [6, 6.07) is 35.2. The Morgan fingerprint density at radius 3 is 1.91 bits per heavy atom. The third-order valence-electron chi connectivity index (χ3n) is 8.74. The molecule has 1 aromatic heterocycles. The normalized spacial score (nSPS) is 13.4. The number of aromatic nitrogens is 2. The molecule has 0 aliphatic carbocycles. The summed E-state index contributed by atoms with van der Waals surface area (Å²) in [6.45, 7) is 9.18. The minimum atomic E-state index is -0.941. The molecule has 6 nitrogen and oxygen atoms in total.